The second kappa shape index (κ2) is 6.64. The second-order valence-corrected chi connectivity index (χ2v) is 4.36. The van der Waals surface area contributed by atoms with Crippen molar-refractivity contribution in [1.29, 1.82) is 0 Å². The van der Waals surface area contributed by atoms with Gasteiger partial charge in [-0.25, -0.2) is 0 Å². The zero-order chi connectivity index (χ0) is 12.3. The van der Waals surface area contributed by atoms with Crippen LogP contribution in [0, 0.1) is 13.8 Å². The maximum absolute atomic E-state index is 5.86. The number of likely N-dealkylation sites (N-methyl/N-ethyl adjacent to an activating group) is 1. The molecule has 1 heterocycles. The van der Waals surface area contributed by atoms with E-state index in [1.54, 1.807) is 0 Å². The first-order valence-electron chi connectivity index (χ1n) is 6.19. The third-order valence-electron chi connectivity index (χ3n) is 3.32. The number of hydrogen-bond acceptors (Lipinski definition) is 3. The van der Waals surface area contributed by atoms with E-state index in [1.165, 1.54) is 11.1 Å². The first-order valence-corrected chi connectivity index (χ1v) is 6.19. The van der Waals surface area contributed by atoms with Gasteiger partial charge in [-0.2, -0.15) is 0 Å². The smallest absolute Gasteiger partial charge is 0.145 e. The van der Waals surface area contributed by atoms with E-state index in [4.69, 9.17) is 4.74 Å². The van der Waals surface area contributed by atoms with Gasteiger partial charge in [-0.15, -0.1) is 12.4 Å². The first kappa shape index (κ1) is 14.8. The number of hydrogen-bond donors (Lipinski definition) is 0. The SMILES string of the molecule is CCN1CCN=C1COc1cccc(C)c1C.Cl. The molecule has 18 heavy (non-hydrogen) atoms. The zero-order valence-electron chi connectivity index (χ0n) is 11.3. The van der Waals surface area contributed by atoms with E-state index in [0.29, 0.717) is 6.61 Å². The molecular weight excluding hydrogens is 248 g/mol. The minimum absolute atomic E-state index is 0. The van der Waals surface area contributed by atoms with Crippen molar-refractivity contribution >= 4 is 18.2 Å². The molecule has 0 unspecified atom stereocenters. The van der Waals surface area contributed by atoms with Crippen LogP contribution in [0.4, 0.5) is 0 Å². The van der Waals surface area contributed by atoms with E-state index in [2.05, 4.69) is 36.7 Å². The predicted molar refractivity (Wildman–Crippen MR) is 78.2 cm³/mol. The van der Waals surface area contributed by atoms with Crippen LogP contribution < -0.4 is 4.74 Å². The topological polar surface area (TPSA) is 24.8 Å². The maximum atomic E-state index is 5.86. The molecule has 0 fully saturated rings. The predicted octanol–water partition coefficient (Wildman–Crippen LogP) is 2.84. The summed E-state index contributed by atoms with van der Waals surface area (Å²) in [5.74, 6) is 2.05. The standard InChI is InChI=1S/C14H20N2O.ClH/c1-4-16-9-8-15-14(16)10-17-13-7-5-6-11(2)12(13)3;/h5-7H,4,8-10H2,1-3H3;1H. The summed E-state index contributed by atoms with van der Waals surface area (Å²) in [4.78, 5) is 6.74. The van der Waals surface area contributed by atoms with Gasteiger partial charge in [-0.1, -0.05) is 12.1 Å². The highest BCUT2D eigenvalue weighted by atomic mass is 35.5. The molecule has 3 nitrogen and oxygen atoms in total. The van der Waals surface area contributed by atoms with E-state index in [9.17, 15) is 0 Å². The van der Waals surface area contributed by atoms with Crippen LogP contribution in [0.1, 0.15) is 18.1 Å². The number of nitrogens with zero attached hydrogens (tertiary/aromatic N) is 2. The summed E-state index contributed by atoms with van der Waals surface area (Å²) in [6.45, 7) is 9.87. The number of halogens is 1. The van der Waals surface area contributed by atoms with Crippen molar-refractivity contribution in [2.24, 2.45) is 4.99 Å². The summed E-state index contributed by atoms with van der Waals surface area (Å²) in [7, 11) is 0. The highest BCUT2D eigenvalue weighted by molar-refractivity contribution is 5.85. The lowest BCUT2D eigenvalue weighted by Crippen LogP contribution is -2.31. The average Bonchev–Trinajstić information content (AvgIpc) is 2.78. The van der Waals surface area contributed by atoms with Crippen molar-refractivity contribution in [1.82, 2.24) is 4.90 Å². The van der Waals surface area contributed by atoms with Crippen molar-refractivity contribution in [3.05, 3.63) is 29.3 Å². The number of amidine groups is 1. The molecule has 100 valence electrons. The van der Waals surface area contributed by atoms with E-state index in [-0.39, 0.29) is 12.4 Å². The molecule has 0 aliphatic carbocycles. The van der Waals surface area contributed by atoms with E-state index in [0.717, 1.165) is 31.2 Å². The Bertz CT molecular complexity index is 432. The Labute approximate surface area is 115 Å². The summed E-state index contributed by atoms with van der Waals surface area (Å²) in [5.41, 5.74) is 2.48. The Morgan fingerprint density at radius 1 is 1.33 bits per heavy atom. The van der Waals surface area contributed by atoms with Gasteiger partial charge in [0.15, 0.2) is 0 Å². The van der Waals surface area contributed by atoms with Crippen LogP contribution in [-0.2, 0) is 0 Å². The number of rotatable bonds is 4. The number of ether oxygens (including phenoxy) is 1. The fourth-order valence-corrected chi connectivity index (χ4v) is 2.03. The molecule has 0 amide bonds. The van der Waals surface area contributed by atoms with Crippen molar-refractivity contribution in [3.63, 3.8) is 0 Å². The van der Waals surface area contributed by atoms with Crippen LogP contribution in [-0.4, -0.2) is 37.0 Å². The van der Waals surface area contributed by atoms with E-state index in [1.807, 2.05) is 12.1 Å². The fraction of sp³-hybridized carbons (Fsp3) is 0.500. The second-order valence-electron chi connectivity index (χ2n) is 4.36. The molecule has 4 heteroatoms. The van der Waals surface area contributed by atoms with Crippen LogP contribution in [0.25, 0.3) is 0 Å². The molecule has 2 rings (SSSR count). The molecule has 0 radical (unpaired) electrons. The highest BCUT2D eigenvalue weighted by Gasteiger charge is 2.15. The third kappa shape index (κ3) is 3.16. The molecule has 1 aromatic carbocycles. The molecule has 0 bridgehead atoms. The maximum Gasteiger partial charge on any atom is 0.145 e. The van der Waals surface area contributed by atoms with E-state index >= 15 is 0 Å². The van der Waals surface area contributed by atoms with Crippen molar-refractivity contribution in [3.8, 4) is 5.75 Å². The number of benzene rings is 1. The van der Waals surface area contributed by atoms with Crippen LogP contribution in [0.2, 0.25) is 0 Å². The summed E-state index contributed by atoms with van der Waals surface area (Å²) >= 11 is 0. The molecule has 0 N–H and O–H groups in total. The van der Waals surface area contributed by atoms with Crippen molar-refractivity contribution in [2.75, 3.05) is 26.2 Å². The van der Waals surface area contributed by atoms with Crippen LogP contribution in [0.3, 0.4) is 0 Å². The van der Waals surface area contributed by atoms with Crippen LogP contribution >= 0.6 is 12.4 Å². The van der Waals surface area contributed by atoms with Gasteiger partial charge in [-0.3, -0.25) is 4.99 Å². The summed E-state index contributed by atoms with van der Waals surface area (Å²) in [5, 5.41) is 0. The van der Waals surface area contributed by atoms with Gasteiger partial charge in [0.25, 0.3) is 0 Å². The van der Waals surface area contributed by atoms with Crippen LogP contribution in [0.5, 0.6) is 5.75 Å². The zero-order valence-corrected chi connectivity index (χ0v) is 12.1. The molecule has 0 saturated carbocycles. The lowest BCUT2D eigenvalue weighted by atomic mass is 10.1. The van der Waals surface area contributed by atoms with E-state index < -0.39 is 0 Å². The Balaban J connectivity index is 0.00000162. The lowest BCUT2D eigenvalue weighted by molar-refractivity contribution is 0.349. The lowest BCUT2D eigenvalue weighted by Gasteiger charge is -2.19. The summed E-state index contributed by atoms with van der Waals surface area (Å²) < 4.78 is 5.86. The molecule has 0 atom stereocenters. The van der Waals surface area contributed by atoms with Gasteiger partial charge in [0.1, 0.15) is 18.2 Å². The molecule has 1 aromatic rings. The number of aryl methyl sites for hydroxylation is 1. The molecular formula is C14H21ClN2O. The molecule has 0 spiro atoms. The van der Waals surface area contributed by atoms with Crippen LogP contribution in [0.15, 0.2) is 23.2 Å². The Morgan fingerprint density at radius 3 is 2.83 bits per heavy atom. The minimum Gasteiger partial charge on any atom is -0.485 e. The Hall–Kier alpha value is -1.22. The summed E-state index contributed by atoms with van der Waals surface area (Å²) in [6.07, 6.45) is 0. The van der Waals surface area contributed by atoms with Gasteiger partial charge < -0.3 is 9.64 Å². The largest absolute Gasteiger partial charge is 0.485 e. The molecule has 0 aromatic heterocycles. The number of aliphatic imine (C=N–C) groups is 1. The molecule has 1 aliphatic rings. The quantitative estimate of drug-likeness (QED) is 0.839. The van der Waals surface area contributed by atoms with Crippen molar-refractivity contribution in [2.45, 2.75) is 20.8 Å². The van der Waals surface area contributed by atoms with Gasteiger partial charge in [-0.05, 0) is 38.0 Å². The minimum atomic E-state index is 0. The first-order chi connectivity index (χ1) is 8.22. The monoisotopic (exact) mass is 268 g/mol. The summed E-state index contributed by atoms with van der Waals surface area (Å²) in [6, 6.07) is 6.16. The average molecular weight is 269 g/mol. The normalized spacial score (nSPS) is 14.2. The highest BCUT2D eigenvalue weighted by Crippen LogP contribution is 2.20. The van der Waals surface area contributed by atoms with Gasteiger partial charge in [0.2, 0.25) is 0 Å². The molecule has 0 saturated heterocycles. The van der Waals surface area contributed by atoms with Crippen molar-refractivity contribution < 1.29 is 4.74 Å². The Kier molecular flexibility index (Phi) is 5.48. The van der Waals surface area contributed by atoms with Gasteiger partial charge >= 0.3 is 0 Å². The molecule has 1 aliphatic heterocycles. The third-order valence-corrected chi connectivity index (χ3v) is 3.32. The fourth-order valence-electron chi connectivity index (χ4n) is 2.03. The Morgan fingerprint density at radius 2 is 2.11 bits per heavy atom. The van der Waals surface area contributed by atoms with Gasteiger partial charge in [0, 0.05) is 13.1 Å². The van der Waals surface area contributed by atoms with Gasteiger partial charge in [0.05, 0.1) is 6.54 Å².